The van der Waals surface area contributed by atoms with Crippen LogP contribution in [-0.4, -0.2) is 10.8 Å². The van der Waals surface area contributed by atoms with Crippen molar-refractivity contribution >= 4 is 18.0 Å². The highest BCUT2D eigenvalue weighted by molar-refractivity contribution is 7.71. The summed E-state index contributed by atoms with van der Waals surface area (Å²) >= 11 is 5.12. The number of hydrogen-bond acceptors (Lipinski definition) is 2. The molecule has 0 amide bonds. The summed E-state index contributed by atoms with van der Waals surface area (Å²) in [4.78, 5) is 14.9. The number of carbonyl (C=O) groups is 1. The Kier molecular flexibility index (Phi) is 9.22. The minimum Gasteiger partial charge on any atom is -0.352 e. The molecule has 0 unspecified atom stereocenters. The summed E-state index contributed by atoms with van der Waals surface area (Å²) < 4.78 is 0.563. The minimum atomic E-state index is 0.176. The number of ketones is 1. The molecule has 1 N–H and O–H groups in total. The molecule has 20 heavy (non-hydrogen) atoms. The molecule has 1 aromatic heterocycles. The predicted molar refractivity (Wildman–Crippen MR) is 87.8 cm³/mol. The number of nitrogens with one attached hydrogen (secondary N) is 1. The SMILES string of the molecule is CCCCCCCCCCCC(=O)c1ccc[nH]c1=S. The molecular weight excluding hydrogens is 266 g/mol. The number of carbonyl (C=O) groups excluding carboxylic acids is 1. The maximum atomic E-state index is 12.0. The van der Waals surface area contributed by atoms with E-state index < -0.39 is 0 Å². The van der Waals surface area contributed by atoms with Crippen LogP contribution < -0.4 is 0 Å². The van der Waals surface area contributed by atoms with Gasteiger partial charge in [-0.15, -0.1) is 0 Å². The molecule has 112 valence electrons. The first-order valence-electron chi connectivity index (χ1n) is 7.96. The third-order valence-corrected chi connectivity index (χ3v) is 3.96. The lowest BCUT2D eigenvalue weighted by atomic mass is 10.0. The third-order valence-electron chi connectivity index (χ3n) is 3.63. The molecule has 0 aliphatic heterocycles. The average molecular weight is 293 g/mol. The van der Waals surface area contributed by atoms with E-state index >= 15 is 0 Å². The molecule has 0 saturated heterocycles. The molecule has 0 saturated carbocycles. The number of Topliss-reactive ketones (excluding diaryl/α,β-unsaturated/α-hetero) is 1. The van der Waals surface area contributed by atoms with E-state index in [1.54, 1.807) is 6.20 Å². The number of rotatable bonds is 11. The Morgan fingerprint density at radius 3 is 2.25 bits per heavy atom. The monoisotopic (exact) mass is 293 g/mol. The quantitative estimate of drug-likeness (QED) is 0.315. The van der Waals surface area contributed by atoms with Crippen LogP contribution >= 0.6 is 12.2 Å². The summed E-state index contributed by atoms with van der Waals surface area (Å²) in [5.74, 6) is 0.176. The molecule has 1 aromatic rings. The van der Waals surface area contributed by atoms with Gasteiger partial charge >= 0.3 is 0 Å². The zero-order chi connectivity index (χ0) is 14.6. The fraction of sp³-hybridized carbons (Fsp3) is 0.647. The first-order chi connectivity index (χ1) is 9.75. The highest BCUT2D eigenvalue weighted by Gasteiger charge is 2.06. The van der Waals surface area contributed by atoms with Crippen LogP contribution in [0.5, 0.6) is 0 Å². The number of H-pyrrole nitrogens is 1. The van der Waals surface area contributed by atoms with E-state index in [2.05, 4.69) is 11.9 Å². The van der Waals surface area contributed by atoms with Crippen molar-refractivity contribution in [3.8, 4) is 0 Å². The largest absolute Gasteiger partial charge is 0.352 e. The van der Waals surface area contributed by atoms with Gasteiger partial charge in [-0.1, -0.05) is 70.5 Å². The summed E-state index contributed by atoms with van der Waals surface area (Å²) in [6, 6.07) is 3.65. The maximum Gasteiger partial charge on any atom is 0.165 e. The van der Waals surface area contributed by atoms with Gasteiger partial charge in [0.05, 0.1) is 5.56 Å². The van der Waals surface area contributed by atoms with Crippen LogP contribution in [0, 0.1) is 4.64 Å². The second-order valence-electron chi connectivity index (χ2n) is 5.41. The molecule has 0 bridgehead atoms. The van der Waals surface area contributed by atoms with E-state index in [0.29, 0.717) is 16.6 Å². The Labute approximate surface area is 128 Å². The van der Waals surface area contributed by atoms with Gasteiger partial charge in [-0.25, -0.2) is 0 Å². The molecular formula is C17H27NOS. The van der Waals surface area contributed by atoms with Crippen molar-refractivity contribution in [1.29, 1.82) is 0 Å². The zero-order valence-corrected chi connectivity index (χ0v) is 13.4. The van der Waals surface area contributed by atoms with E-state index in [1.807, 2.05) is 12.1 Å². The highest BCUT2D eigenvalue weighted by atomic mass is 32.1. The standard InChI is InChI=1S/C17H27NOS/c1-2-3-4-5-6-7-8-9-10-13-16(19)15-12-11-14-18-17(15)20/h11-12,14H,2-10,13H2,1H3,(H,18,20). The molecule has 2 nitrogen and oxygen atoms in total. The van der Waals surface area contributed by atoms with Crippen LogP contribution in [0.25, 0.3) is 0 Å². The van der Waals surface area contributed by atoms with Gasteiger partial charge in [0.15, 0.2) is 5.78 Å². The smallest absolute Gasteiger partial charge is 0.165 e. The van der Waals surface area contributed by atoms with Gasteiger partial charge in [0, 0.05) is 12.6 Å². The minimum absolute atomic E-state index is 0.176. The molecule has 0 aliphatic carbocycles. The van der Waals surface area contributed by atoms with Crippen molar-refractivity contribution < 1.29 is 4.79 Å². The summed E-state index contributed by atoms with van der Waals surface area (Å²) in [6.07, 6.45) is 13.8. The van der Waals surface area contributed by atoms with Gasteiger partial charge < -0.3 is 4.98 Å². The van der Waals surface area contributed by atoms with Crippen LogP contribution in [0.15, 0.2) is 18.3 Å². The molecule has 0 radical (unpaired) electrons. The Morgan fingerprint density at radius 1 is 1.05 bits per heavy atom. The summed E-state index contributed by atoms with van der Waals surface area (Å²) in [7, 11) is 0. The van der Waals surface area contributed by atoms with E-state index in [1.165, 1.54) is 44.9 Å². The molecule has 0 atom stereocenters. The molecule has 0 spiro atoms. The van der Waals surface area contributed by atoms with Crippen LogP contribution in [0.1, 0.15) is 81.5 Å². The topological polar surface area (TPSA) is 32.9 Å². The number of pyridine rings is 1. The Morgan fingerprint density at radius 2 is 1.65 bits per heavy atom. The van der Waals surface area contributed by atoms with Gasteiger partial charge in [0.1, 0.15) is 4.64 Å². The Hall–Kier alpha value is -0.960. The van der Waals surface area contributed by atoms with Crippen molar-refractivity contribution in [2.45, 2.75) is 71.1 Å². The number of aromatic amines is 1. The van der Waals surface area contributed by atoms with Gasteiger partial charge in [0.2, 0.25) is 0 Å². The zero-order valence-electron chi connectivity index (χ0n) is 12.6. The average Bonchev–Trinajstić information content (AvgIpc) is 2.46. The third kappa shape index (κ3) is 6.99. The summed E-state index contributed by atoms with van der Waals surface area (Å²) in [5, 5.41) is 0. The summed E-state index contributed by atoms with van der Waals surface area (Å²) in [5.41, 5.74) is 0.669. The molecule has 1 heterocycles. The number of aromatic nitrogens is 1. The summed E-state index contributed by atoms with van der Waals surface area (Å²) in [6.45, 7) is 2.25. The van der Waals surface area contributed by atoms with Crippen LogP contribution in [0.4, 0.5) is 0 Å². The Balaban J connectivity index is 2.06. The Bertz CT molecular complexity index is 439. The number of unbranched alkanes of at least 4 members (excludes halogenated alkanes) is 8. The number of hydrogen-bond donors (Lipinski definition) is 1. The van der Waals surface area contributed by atoms with Crippen molar-refractivity contribution in [2.24, 2.45) is 0 Å². The van der Waals surface area contributed by atoms with Crippen molar-refractivity contribution in [3.63, 3.8) is 0 Å². The first-order valence-corrected chi connectivity index (χ1v) is 8.37. The van der Waals surface area contributed by atoms with E-state index in [9.17, 15) is 4.79 Å². The molecule has 0 aromatic carbocycles. The van der Waals surface area contributed by atoms with Gasteiger partial charge in [0.25, 0.3) is 0 Å². The second kappa shape index (κ2) is 10.8. The molecule has 1 rings (SSSR count). The van der Waals surface area contributed by atoms with Crippen LogP contribution in [-0.2, 0) is 0 Å². The van der Waals surface area contributed by atoms with Gasteiger partial charge in [-0.3, -0.25) is 4.79 Å². The highest BCUT2D eigenvalue weighted by Crippen LogP contribution is 2.12. The van der Waals surface area contributed by atoms with Crippen molar-refractivity contribution in [2.75, 3.05) is 0 Å². The molecule has 0 fully saturated rings. The fourth-order valence-electron chi connectivity index (χ4n) is 2.37. The fourth-order valence-corrected chi connectivity index (χ4v) is 2.62. The van der Waals surface area contributed by atoms with Crippen molar-refractivity contribution in [1.82, 2.24) is 4.98 Å². The lowest BCUT2D eigenvalue weighted by Gasteiger charge is -2.02. The van der Waals surface area contributed by atoms with E-state index in [0.717, 1.165) is 12.8 Å². The van der Waals surface area contributed by atoms with Gasteiger partial charge in [-0.2, -0.15) is 0 Å². The normalized spacial score (nSPS) is 10.7. The lowest BCUT2D eigenvalue weighted by Crippen LogP contribution is -2.00. The van der Waals surface area contributed by atoms with E-state index in [4.69, 9.17) is 12.2 Å². The maximum absolute atomic E-state index is 12.0. The van der Waals surface area contributed by atoms with Crippen LogP contribution in [0.3, 0.4) is 0 Å². The lowest BCUT2D eigenvalue weighted by molar-refractivity contribution is 0.0978. The van der Waals surface area contributed by atoms with Crippen molar-refractivity contribution in [3.05, 3.63) is 28.5 Å². The molecule has 3 heteroatoms. The van der Waals surface area contributed by atoms with Gasteiger partial charge in [-0.05, 0) is 18.6 Å². The first kappa shape index (κ1) is 17.1. The van der Waals surface area contributed by atoms with E-state index in [-0.39, 0.29) is 5.78 Å². The predicted octanol–water partition coefficient (Wildman–Crippen LogP) is 5.85. The second-order valence-corrected chi connectivity index (χ2v) is 5.82. The molecule has 0 aliphatic rings. The van der Waals surface area contributed by atoms with Crippen LogP contribution in [0.2, 0.25) is 0 Å².